The topological polar surface area (TPSA) is 93.7 Å². The third-order valence-corrected chi connectivity index (χ3v) is 6.57. The van der Waals surface area contributed by atoms with E-state index in [-0.39, 0.29) is 10.8 Å². The van der Waals surface area contributed by atoms with Crippen LogP contribution in [-0.4, -0.2) is 34.8 Å². The zero-order valence-electron chi connectivity index (χ0n) is 17.1. The molecule has 0 aliphatic rings. The molecule has 0 saturated heterocycles. The third-order valence-electron chi connectivity index (χ3n) is 4.31. The molecule has 0 aliphatic heterocycles. The number of carbonyl (C=O) groups is 1. The first-order chi connectivity index (χ1) is 13.7. The summed E-state index contributed by atoms with van der Waals surface area (Å²) in [5.41, 5.74) is 1.23. The van der Waals surface area contributed by atoms with Crippen molar-refractivity contribution in [2.75, 3.05) is 25.8 Å². The Morgan fingerprint density at radius 1 is 1.10 bits per heavy atom. The summed E-state index contributed by atoms with van der Waals surface area (Å²) in [5.74, 6) is 0.834. The van der Waals surface area contributed by atoms with Crippen LogP contribution < -0.4 is 19.5 Å². The van der Waals surface area contributed by atoms with Crippen LogP contribution >= 0.6 is 11.8 Å². The van der Waals surface area contributed by atoms with E-state index in [4.69, 9.17) is 9.47 Å². The highest BCUT2D eigenvalue weighted by atomic mass is 32.2. The van der Waals surface area contributed by atoms with Crippen molar-refractivity contribution >= 4 is 33.4 Å². The summed E-state index contributed by atoms with van der Waals surface area (Å²) in [6, 6.07) is 9.53. The molecule has 2 aromatic rings. The van der Waals surface area contributed by atoms with Crippen LogP contribution in [-0.2, 0) is 14.8 Å². The summed E-state index contributed by atoms with van der Waals surface area (Å²) in [4.78, 5) is 12.3. The predicted molar refractivity (Wildman–Crippen MR) is 115 cm³/mol. The monoisotopic (exact) mass is 438 g/mol. The average molecular weight is 439 g/mol. The van der Waals surface area contributed by atoms with Crippen LogP contribution in [0.2, 0.25) is 0 Å². The normalized spacial score (nSPS) is 12.3. The fourth-order valence-corrected chi connectivity index (χ4v) is 4.72. The number of benzene rings is 2. The molecule has 0 saturated carbocycles. The predicted octanol–water partition coefficient (Wildman–Crippen LogP) is 3.81. The first kappa shape index (κ1) is 23.1. The first-order valence-electron chi connectivity index (χ1n) is 8.95. The number of thioether (sulfide) groups is 1. The van der Waals surface area contributed by atoms with Crippen molar-refractivity contribution in [1.82, 2.24) is 4.72 Å². The molecule has 0 spiro atoms. The van der Waals surface area contributed by atoms with Gasteiger partial charge in [-0.15, -0.1) is 11.8 Å². The van der Waals surface area contributed by atoms with Crippen LogP contribution in [0.4, 0.5) is 5.69 Å². The molecule has 0 fully saturated rings. The Kier molecular flexibility index (Phi) is 7.95. The molecule has 158 valence electrons. The molecule has 0 radical (unpaired) electrons. The highest BCUT2D eigenvalue weighted by molar-refractivity contribution is 7.98. The number of rotatable bonds is 9. The number of sulfonamides is 1. The van der Waals surface area contributed by atoms with Gasteiger partial charge in [0.2, 0.25) is 15.9 Å². The summed E-state index contributed by atoms with van der Waals surface area (Å²) >= 11 is 1.42. The average Bonchev–Trinajstić information content (AvgIpc) is 2.71. The largest absolute Gasteiger partial charge is 0.493 e. The van der Waals surface area contributed by atoms with Crippen molar-refractivity contribution in [3.63, 3.8) is 0 Å². The molecule has 1 amide bonds. The van der Waals surface area contributed by atoms with Crippen molar-refractivity contribution in [3.05, 3.63) is 42.0 Å². The van der Waals surface area contributed by atoms with E-state index in [0.717, 1.165) is 10.5 Å². The van der Waals surface area contributed by atoms with Crippen LogP contribution in [0.25, 0.3) is 0 Å². The van der Waals surface area contributed by atoms with Crippen molar-refractivity contribution < 1.29 is 22.7 Å². The molecule has 2 aromatic carbocycles. The molecule has 2 N–H and O–H groups in total. The number of hydrogen-bond acceptors (Lipinski definition) is 6. The lowest BCUT2D eigenvalue weighted by Crippen LogP contribution is -2.28. The van der Waals surface area contributed by atoms with E-state index in [1.807, 2.05) is 13.2 Å². The minimum atomic E-state index is -3.82. The van der Waals surface area contributed by atoms with Crippen LogP contribution in [0.15, 0.2) is 46.2 Å². The van der Waals surface area contributed by atoms with Crippen molar-refractivity contribution in [2.24, 2.45) is 0 Å². The molecule has 0 heterocycles. The second-order valence-corrected chi connectivity index (χ2v) is 8.80. The van der Waals surface area contributed by atoms with Gasteiger partial charge < -0.3 is 14.8 Å². The van der Waals surface area contributed by atoms with Crippen LogP contribution in [0.1, 0.15) is 31.9 Å². The van der Waals surface area contributed by atoms with E-state index < -0.39 is 16.1 Å². The van der Waals surface area contributed by atoms with Gasteiger partial charge in [0.15, 0.2) is 11.5 Å². The zero-order valence-corrected chi connectivity index (χ0v) is 18.7. The Labute approximate surface area is 176 Å². The molecule has 1 atom stereocenters. The van der Waals surface area contributed by atoms with Gasteiger partial charge in [0, 0.05) is 17.9 Å². The number of carbonyl (C=O) groups excluding carboxylic acids is 1. The number of anilines is 1. The molecule has 7 nitrogen and oxygen atoms in total. The summed E-state index contributed by atoms with van der Waals surface area (Å²) < 4.78 is 39.3. The molecular weight excluding hydrogens is 412 g/mol. The first-order valence-corrected chi connectivity index (χ1v) is 11.7. The SMILES string of the molecule is CC[C@H](NS(=O)(=O)c1ccc(SC)c(NC(C)=O)c1)c1ccc(OC)c(OC)c1. The number of amides is 1. The Balaban J connectivity index is 2.37. The lowest BCUT2D eigenvalue weighted by Gasteiger charge is -2.20. The Morgan fingerprint density at radius 2 is 1.79 bits per heavy atom. The lowest BCUT2D eigenvalue weighted by atomic mass is 10.1. The van der Waals surface area contributed by atoms with Gasteiger partial charge in [0.25, 0.3) is 0 Å². The second kappa shape index (κ2) is 10.00. The highest BCUT2D eigenvalue weighted by Crippen LogP contribution is 2.32. The van der Waals surface area contributed by atoms with Gasteiger partial charge >= 0.3 is 0 Å². The van der Waals surface area contributed by atoms with Gasteiger partial charge in [-0.05, 0) is 48.6 Å². The Bertz CT molecular complexity index is 977. The maximum absolute atomic E-state index is 13.0. The van der Waals surface area contributed by atoms with Crippen molar-refractivity contribution in [1.29, 1.82) is 0 Å². The van der Waals surface area contributed by atoms with Gasteiger partial charge in [-0.1, -0.05) is 13.0 Å². The summed E-state index contributed by atoms with van der Waals surface area (Å²) in [6.45, 7) is 3.27. The summed E-state index contributed by atoms with van der Waals surface area (Å²) in [5, 5.41) is 2.68. The molecule has 0 unspecified atom stereocenters. The highest BCUT2D eigenvalue weighted by Gasteiger charge is 2.22. The fourth-order valence-electron chi connectivity index (χ4n) is 2.85. The summed E-state index contributed by atoms with van der Waals surface area (Å²) in [7, 11) is -0.745. The van der Waals surface area contributed by atoms with E-state index in [9.17, 15) is 13.2 Å². The van der Waals surface area contributed by atoms with Crippen molar-refractivity contribution in [3.8, 4) is 11.5 Å². The van der Waals surface area contributed by atoms with E-state index in [0.29, 0.717) is 23.6 Å². The third kappa shape index (κ3) is 5.65. The molecule has 0 aliphatic carbocycles. The molecule has 29 heavy (non-hydrogen) atoms. The number of methoxy groups -OCH3 is 2. The molecule has 2 rings (SSSR count). The lowest BCUT2D eigenvalue weighted by molar-refractivity contribution is -0.114. The van der Waals surface area contributed by atoms with Gasteiger partial charge in [-0.3, -0.25) is 4.79 Å². The maximum atomic E-state index is 13.0. The van der Waals surface area contributed by atoms with E-state index in [2.05, 4.69) is 10.0 Å². The van der Waals surface area contributed by atoms with Gasteiger partial charge in [0.1, 0.15) is 0 Å². The number of nitrogens with one attached hydrogen (secondary N) is 2. The number of ether oxygens (including phenoxy) is 2. The van der Waals surface area contributed by atoms with E-state index in [1.165, 1.54) is 37.9 Å². The summed E-state index contributed by atoms with van der Waals surface area (Å²) in [6.07, 6.45) is 2.40. The molecular formula is C20H26N2O5S2. The van der Waals surface area contributed by atoms with E-state index in [1.54, 1.807) is 31.4 Å². The standard InChI is InChI=1S/C20H26N2O5S2/c1-6-16(14-7-9-18(26-3)19(11-14)27-4)22-29(24,25)15-8-10-20(28-5)17(12-15)21-13(2)23/h7-12,16,22H,6H2,1-5H3,(H,21,23)/t16-/m0/s1. The minimum Gasteiger partial charge on any atom is -0.493 e. The van der Waals surface area contributed by atoms with Crippen LogP contribution in [0.3, 0.4) is 0 Å². The zero-order chi connectivity index (χ0) is 21.6. The second-order valence-electron chi connectivity index (χ2n) is 6.24. The quantitative estimate of drug-likeness (QED) is 0.578. The Hall–Kier alpha value is -2.23. The van der Waals surface area contributed by atoms with Crippen molar-refractivity contribution in [2.45, 2.75) is 36.1 Å². The van der Waals surface area contributed by atoms with Gasteiger partial charge in [-0.2, -0.15) is 0 Å². The van der Waals surface area contributed by atoms with Gasteiger partial charge in [-0.25, -0.2) is 13.1 Å². The molecule has 0 aromatic heterocycles. The Morgan fingerprint density at radius 3 is 2.34 bits per heavy atom. The smallest absolute Gasteiger partial charge is 0.241 e. The number of hydrogen-bond donors (Lipinski definition) is 2. The minimum absolute atomic E-state index is 0.0815. The molecule has 0 bridgehead atoms. The van der Waals surface area contributed by atoms with Crippen LogP contribution in [0.5, 0.6) is 11.5 Å². The molecule has 9 heteroatoms. The van der Waals surface area contributed by atoms with Crippen LogP contribution in [0, 0.1) is 0 Å². The van der Waals surface area contributed by atoms with Gasteiger partial charge in [0.05, 0.1) is 24.8 Å². The fraction of sp³-hybridized carbons (Fsp3) is 0.350. The maximum Gasteiger partial charge on any atom is 0.241 e. The van der Waals surface area contributed by atoms with E-state index >= 15 is 0 Å².